The van der Waals surface area contributed by atoms with Gasteiger partial charge in [0.2, 0.25) is 0 Å². The van der Waals surface area contributed by atoms with Crippen LogP contribution in [0.4, 0.5) is 0 Å². The zero-order valence-electron chi connectivity index (χ0n) is 13.5. The Morgan fingerprint density at radius 2 is 2.00 bits per heavy atom. The Hall–Kier alpha value is -1.98. The molecule has 0 fully saturated rings. The lowest BCUT2D eigenvalue weighted by atomic mass is 10.2. The molecule has 0 aliphatic carbocycles. The fourth-order valence-corrected chi connectivity index (χ4v) is 3.99. The first-order valence-corrected chi connectivity index (χ1v) is 9.70. The average Bonchev–Trinajstić information content (AvgIpc) is 3.29. The van der Waals surface area contributed by atoms with E-state index < -0.39 is 0 Å². The molecule has 3 rings (SSSR count). The van der Waals surface area contributed by atoms with Crippen molar-refractivity contribution in [1.29, 1.82) is 0 Å². The third-order valence-electron chi connectivity index (χ3n) is 3.67. The first-order valence-electron chi connectivity index (χ1n) is 7.83. The molecule has 1 aromatic carbocycles. The fourth-order valence-electron chi connectivity index (χ4n) is 2.38. The standard InChI is InChI=1S/C19H19NO2S2/c1-2-20(13-17-9-6-12-23-17)19(21)18-15(10-11-22-18)14-24-16-7-4-3-5-8-16/h3-12H,2,13-14H2,1H3. The van der Waals surface area contributed by atoms with E-state index in [1.807, 2.05) is 47.5 Å². The number of rotatable bonds is 7. The van der Waals surface area contributed by atoms with E-state index in [-0.39, 0.29) is 5.91 Å². The number of hydrogen-bond donors (Lipinski definition) is 0. The van der Waals surface area contributed by atoms with E-state index in [4.69, 9.17) is 4.42 Å². The molecule has 3 aromatic rings. The van der Waals surface area contributed by atoms with E-state index >= 15 is 0 Å². The molecule has 0 atom stereocenters. The zero-order chi connectivity index (χ0) is 16.8. The molecular weight excluding hydrogens is 338 g/mol. The maximum atomic E-state index is 12.8. The molecule has 3 nitrogen and oxygen atoms in total. The summed E-state index contributed by atoms with van der Waals surface area (Å²) in [5.74, 6) is 1.13. The van der Waals surface area contributed by atoms with Gasteiger partial charge in [-0.25, -0.2) is 0 Å². The number of furan rings is 1. The van der Waals surface area contributed by atoms with Crippen molar-refractivity contribution in [3.63, 3.8) is 0 Å². The predicted octanol–water partition coefficient (Wildman–Crippen LogP) is 5.30. The number of carbonyl (C=O) groups is 1. The highest BCUT2D eigenvalue weighted by atomic mass is 32.2. The minimum atomic E-state index is -0.0421. The van der Waals surface area contributed by atoms with Gasteiger partial charge in [0, 0.05) is 27.6 Å². The van der Waals surface area contributed by atoms with Crippen LogP contribution in [0.5, 0.6) is 0 Å². The minimum absolute atomic E-state index is 0.0421. The van der Waals surface area contributed by atoms with Crippen LogP contribution in [0.1, 0.15) is 27.9 Å². The van der Waals surface area contributed by atoms with Crippen molar-refractivity contribution in [3.05, 3.63) is 76.4 Å². The highest BCUT2D eigenvalue weighted by molar-refractivity contribution is 7.98. The topological polar surface area (TPSA) is 33.5 Å². The summed E-state index contributed by atoms with van der Waals surface area (Å²) < 4.78 is 5.52. The minimum Gasteiger partial charge on any atom is -0.459 e. The van der Waals surface area contributed by atoms with Gasteiger partial charge in [0.1, 0.15) is 0 Å². The van der Waals surface area contributed by atoms with Crippen LogP contribution in [-0.4, -0.2) is 17.4 Å². The number of amides is 1. The van der Waals surface area contributed by atoms with Crippen LogP contribution >= 0.6 is 23.1 Å². The largest absolute Gasteiger partial charge is 0.459 e. The lowest BCUT2D eigenvalue weighted by Crippen LogP contribution is -2.30. The van der Waals surface area contributed by atoms with Crippen molar-refractivity contribution in [3.8, 4) is 0 Å². The number of benzene rings is 1. The third kappa shape index (κ3) is 4.10. The Kier molecular flexibility index (Phi) is 5.77. The summed E-state index contributed by atoms with van der Waals surface area (Å²) in [5, 5.41) is 2.03. The van der Waals surface area contributed by atoms with E-state index in [0.29, 0.717) is 18.8 Å². The molecule has 0 aliphatic heterocycles. The lowest BCUT2D eigenvalue weighted by Gasteiger charge is -2.19. The van der Waals surface area contributed by atoms with Gasteiger partial charge >= 0.3 is 0 Å². The van der Waals surface area contributed by atoms with Crippen LogP contribution in [0.15, 0.2) is 69.5 Å². The van der Waals surface area contributed by atoms with Gasteiger partial charge in [-0.1, -0.05) is 24.3 Å². The molecule has 124 valence electrons. The van der Waals surface area contributed by atoms with Crippen LogP contribution in [0.3, 0.4) is 0 Å². The van der Waals surface area contributed by atoms with Crippen molar-refractivity contribution in [2.24, 2.45) is 0 Å². The van der Waals surface area contributed by atoms with E-state index in [1.165, 1.54) is 9.77 Å². The molecule has 1 amide bonds. The molecule has 2 aromatic heterocycles. The Bertz CT molecular complexity index is 766. The van der Waals surface area contributed by atoms with Gasteiger partial charge in [0.25, 0.3) is 5.91 Å². The number of thiophene rings is 1. The van der Waals surface area contributed by atoms with Gasteiger partial charge in [-0.05, 0) is 36.6 Å². The Labute approximate surface area is 150 Å². The summed E-state index contributed by atoms with van der Waals surface area (Å²) in [6.07, 6.45) is 1.60. The van der Waals surface area contributed by atoms with Crippen molar-refractivity contribution >= 4 is 29.0 Å². The highest BCUT2D eigenvalue weighted by Crippen LogP contribution is 2.26. The van der Waals surface area contributed by atoms with Gasteiger partial charge in [-0.3, -0.25) is 4.79 Å². The van der Waals surface area contributed by atoms with Crippen molar-refractivity contribution in [1.82, 2.24) is 4.90 Å². The lowest BCUT2D eigenvalue weighted by molar-refractivity contribution is 0.0721. The first kappa shape index (κ1) is 16.9. The smallest absolute Gasteiger partial charge is 0.290 e. The van der Waals surface area contributed by atoms with Gasteiger partial charge < -0.3 is 9.32 Å². The Balaban J connectivity index is 1.69. The normalized spacial score (nSPS) is 10.7. The van der Waals surface area contributed by atoms with Crippen LogP contribution in [0.2, 0.25) is 0 Å². The highest BCUT2D eigenvalue weighted by Gasteiger charge is 2.21. The molecular formula is C19H19NO2S2. The number of carbonyl (C=O) groups excluding carboxylic acids is 1. The summed E-state index contributed by atoms with van der Waals surface area (Å²) in [6.45, 7) is 3.27. The second kappa shape index (κ2) is 8.22. The molecule has 0 aliphatic rings. The Morgan fingerprint density at radius 1 is 1.17 bits per heavy atom. The monoisotopic (exact) mass is 357 g/mol. The van der Waals surface area contributed by atoms with Crippen molar-refractivity contribution in [2.45, 2.75) is 24.1 Å². The van der Waals surface area contributed by atoms with Gasteiger partial charge in [0.15, 0.2) is 5.76 Å². The predicted molar refractivity (Wildman–Crippen MR) is 99.4 cm³/mol. The first-order chi connectivity index (χ1) is 11.8. The maximum absolute atomic E-state index is 12.8. The molecule has 0 spiro atoms. The quantitative estimate of drug-likeness (QED) is 0.538. The number of hydrogen-bond acceptors (Lipinski definition) is 4. The van der Waals surface area contributed by atoms with E-state index in [9.17, 15) is 4.79 Å². The molecule has 0 unspecified atom stereocenters. The number of nitrogens with zero attached hydrogens (tertiary/aromatic N) is 1. The molecule has 5 heteroatoms. The van der Waals surface area contributed by atoms with Crippen molar-refractivity contribution < 1.29 is 9.21 Å². The molecule has 0 N–H and O–H groups in total. The molecule has 0 saturated heterocycles. The van der Waals surface area contributed by atoms with E-state index in [1.54, 1.807) is 29.4 Å². The second-order valence-corrected chi connectivity index (χ2v) is 7.36. The summed E-state index contributed by atoms with van der Waals surface area (Å²) >= 11 is 3.37. The van der Waals surface area contributed by atoms with Crippen LogP contribution < -0.4 is 0 Å². The fraction of sp³-hybridized carbons (Fsp3) is 0.211. The molecule has 0 radical (unpaired) electrons. The van der Waals surface area contributed by atoms with Gasteiger partial charge in [-0.2, -0.15) is 0 Å². The van der Waals surface area contributed by atoms with Crippen LogP contribution in [0.25, 0.3) is 0 Å². The summed E-state index contributed by atoms with van der Waals surface area (Å²) in [4.78, 5) is 17.0. The van der Waals surface area contributed by atoms with Gasteiger partial charge in [-0.15, -0.1) is 23.1 Å². The van der Waals surface area contributed by atoms with Crippen LogP contribution in [0, 0.1) is 0 Å². The number of thioether (sulfide) groups is 1. The second-order valence-electron chi connectivity index (χ2n) is 5.28. The summed E-state index contributed by atoms with van der Waals surface area (Å²) in [7, 11) is 0. The molecule has 0 saturated carbocycles. The molecule has 2 heterocycles. The van der Waals surface area contributed by atoms with Gasteiger partial charge in [0.05, 0.1) is 12.8 Å². The van der Waals surface area contributed by atoms with Crippen molar-refractivity contribution in [2.75, 3.05) is 6.54 Å². The zero-order valence-corrected chi connectivity index (χ0v) is 15.1. The van der Waals surface area contributed by atoms with E-state index in [2.05, 4.69) is 18.2 Å². The summed E-state index contributed by atoms with van der Waals surface area (Å²) in [5.41, 5.74) is 0.943. The molecule has 24 heavy (non-hydrogen) atoms. The van der Waals surface area contributed by atoms with Crippen LogP contribution in [-0.2, 0) is 12.3 Å². The maximum Gasteiger partial charge on any atom is 0.290 e. The third-order valence-corrected chi connectivity index (χ3v) is 5.60. The Morgan fingerprint density at radius 3 is 2.71 bits per heavy atom. The van der Waals surface area contributed by atoms with E-state index in [0.717, 1.165) is 11.3 Å². The SMILES string of the molecule is CCN(Cc1cccs1)C(=O)c1occc1CSc1ccccc1. The average molecular weight is 358 g/mol. The molecule has 0 bridgehead atoms. The summed E-state index contributed by atoms with van der Waals surface area (Å²) in [6, 6.07) is 16.1.